The molecule has 140 valence electrons. The fraction of sp³-hybridized carbons (Fsp3) is 0.0500. The number of aromatic carboxylic acids is 1. The lowest BCUT2D eigenvalue weighted by Crippen LogP contribution is -2.11. The van der Waals surface area contributed by atoms with E-state index in [2.05, 4.69) is 0 Å². The molecule has 0 radical (unpaired) electrons. The first-order valence-corrected chi connectivity index (χ1v) is 8.05. The minimum atomic E-state index is -1.05. The molecule has 8 nitrogen and oxygen atoms in total. The highest BCUT2D eigenvalue weighted by molar-refractivity contribution is 5.96. The number of nitrogens with zero attached hydrogens (tertiary/aromatic N) is 2. The van der Waals surface area contributed by atoms with Crippen molar-refractivity contribution in [3.63, 3.8) is 0 Å². The first-order valence-electron chi connectivity index (χ1n) is 8.05. The Kier molecular flexibility index (Phi) is 5.00. The smallest absolute Gasteiger partial charge is 0.357 e. The van der Waals surface area contributed by atoms with Crippen LogP contribution >= 0.6 is 0 Å². The summed E-state index contributed by atoms with van der Waals surface area (Å²) in [5.74, 6) is -0.870. The van der Waals surface area contributed by atoms with Gasteiger partial charge in [-0.15, -0.1) is 0 Å². The van der Waals surface area contributed by atoms with Gasteiger partial charge in [-0.2, -0.15) is 5.26 Å². The normalized spacial score (nSPS) is 10.1. The number of carbonyl (C=O) groups excluding carboxylic acids is 1. The molecule has 0 unspecified atom stereocenters. The van der Waals surface area contributed by atoms with E-state index in [1.165, 1.54) is 30.0 Å². The quantitative estimate of drug-likeness (QED) is 0.653. The second-order valence-electron chi connectivity index (χ2n) is 5.71. The van der Waals surface area contributed by atoms with E-state index < -0.39 is 11.9 Å². The highest BCUT2D eigenvalue weighted by Crippen LogP contribution is 2.27. The zero-order chi connectivity index (χ0) is 20.3. The van der Waals surface area contributed by atoms with Crippen molar-refractivity contribution in [2.24, 2.45) is 0 Å². The number of carboxylic acids is 1. The van der Waals surface area contributed by atoms with Crippen LogP contribution in [0.4, 0.5) is 5.69 Å². The SMILES string of the molecule is COC(=O)c1c(N)c(C#N)cn1-c1ccc(Oc2cccc(C(=O)O)c2)cc1. The van der Waals surface area contributed by atoms with E-state index in [0.717, 1.165) is 0 Å². The van der Waals surface area contributed by atoms with Gasteiger partial charge in [0.25, 0.3) is 0 Å². The summed E-state index contributed by atoms with van der Waals surface area (Å²) in [6.45, 7) is 0. The van der Waals surface area contributed by atoms with Gasteiger partial charge in [-0.3, -0.25) is 0 Å². The minimum Gasteiger partial charge on any atom is -0.478 e. The second kappa shape index (κ2) is 7.55. The van der Waals surface area contributed by atoms with E-state index >= 15 is 0 Å². The van der Waals surface area contributed by atoms with Crippen molar-refractivity contribution in [1.29, 1.82) is 5.26 Å². The van der Waals surface area contributed by atoms with Gasteiger partial charge in [-0.25, -0.2) is 9.59 Å². The first kappa shape index (κ1) is 18.5. The van der Waals surface area contributed by atoms with Crippen LogP contribution in [0.15, 0.2) is 54.7 Å². The number of methoxy groups -OCH3 is 1. The summed E-state index contributed by atoms with van der Waals surface area (Å²) in [7, 11) is 1.23. The molecule has 1 aromatic heterocycles. The molecule has 0 fully saturated rings. The largest absolute Gasteiger partial charge is 0.478 e. The van der Waals surface area contributed by atoms with Crippen LogP contribution in [0.2, 0.25) is 0 Å². The molecule has 0 saturated carbocycles. The van der Waals surface area contributed by atoms with Crippen LogP contribution in [0, 0.1) is 11.3 Å². The Balaban J connectivity index is 1.92. The van der Waals surface area contributed by atoms with Crippen molar-refractivity contribution in [3.05, 3.63) is 71.5 Å². The molecule has 0 aliphatic rings. The number of carbonyl (C=O) groups is 2. The predicted octanol–water partition coefficient (Wildman–Crippen LogP) is 3.21. The number of ether oxygens (including phenoxy) is 2. The predicted molar refractivity (Wildman–Crippen MR) is 99.7 cm³/mol. The number of nitrogens with two attached hydrogens (primary N) is 1. The molecule has 0 aliphatic heterocycles. The van der Waals surface area contributed by atoms with Crippen molar-refractivity contribution in [2.45, 2.75) is 0 Å². The van der Waals surface area contributed by atoms with Crippen LogP contribution in [0.1, 0.15) is 26.4 Å². The highest BCUT2D eigenvalue weighted by Gasteiger charge is 2.21. The second-order valence-corrected chi connectivity index (χ2v) is 5.71. The molecule has 0 bridgehead atoms. The molecule has 3 aromatic rings. The number of rotatable bonds is 5. The number of hydrogen-bond acceptors (Lipinski definition) is 6. The van der Waals surface area contributed by atoms with Crippen LogP contribution in [0.25, 0.3) is 5.69 Å². The third-order valence-corrected chi connectivity index (χ3v) is 3.98. The van der Waals surface area contributed by atoms with Crippen molar-refractivity contribution in [3.8, 4) is 23.3 Å². The molecule has 2 aromatic carbocycles. The minimum absolute atomic E-state index is 0.0418. The standard InChI is InChI=1S/C20H15N3O5/c1-27-20(26)18-17(22)13(10-21)11-23(18)14-5-7-15(8-6-14)28-16-4-2-3-12(9-16)19(24)25/h2-9,11H,22H2,1H3,(H,24,25). The molecule has 1 heterocycles. The number of esters is 1. The topological polar surface area (TPSA) is 128 Å². The summed E-state index contributed by atoms with van der Waals surface area (Å²) in [6.07, 6.45) is 1.45. The van der Waals surface area contributed by atoms with Crippen molar-refractivity contribution in [2.75, 3.05) is 12.8 Å². The number of anilines is 1. The van der Waals surface area contributed by atoms with Crippen LogP contribution in [0.3, 0.4) is 0 Å². The van der Waals surface area contributed by atoms with E-state index in [0.29, 0.717) is 17.2 Å². The molecule has 3 N–H and O–H groups in total. The molecule has 0 atom stereocenters. The molecule has 0 spiro atoms. The van der Waals surface area contributed by atoms with Gasteiger partial charge in [-0.05, 0) is 42.5 Å². The van der Waals surface area contributed by atoms with Gasteiger partial charge in [0.15, 0.2) is 5.69 Å². The summed E-state index contributed by atoms with van der Waals surface area (Å²) in [6, 6.07) is 14.7. The Morgan fingerprint density at radius 3 is 2.46 bits per heavy atom. The van der Waals surface area contributed by atoms with Crippen molar-refractivity contribution in [1.82, 2.24) is 4.57 Å². The lowest BCUT2D eigenvalue weighted by atomic mass is 10.2. The zero-order valence-corrected chi connectivity index (χ0v) is 14.7. The maximum Gasteiger partial charge on any atom is 0.357 e. The Labute approximate surface area is 160 Å². The average molecular weight is 377 g/mol. The third kappa shape index (κ3) is 3.50. The molecular formula is C20H15N3O5. The first-order chi connectivity index (χ1) is 13.4. The number of aromatic nitrogens is 1. The maximum absolute atomic E-state index is 12.0. The van der Waals surface area contributed by atoms with Crippen LogP contribution < -0.4 is 10.5 Å². The Morgan fingerprint density at radius 1 is 1.14 bits per heavy atom. The van der Waals surface area contributed by atoms with Crippen molar-refractivity contribution >= 4 is 17.6 Å². The highest BCUT2D eigenvalue weighted by atomic mass is 16.5. The van der Waals surface area contributed by atoms with E-state index in [4.69, 9.17) is 20.3 Å². The molecular weight excluding hydrogens is 362 g/mol. The Hall–Kier alpha value is -4.25. The van der Waals surface area contributed by atoms with Gasteiger partial charge >= 0.3 is 11.9 Å². The third-order valence-electron chi connectivity index (χ3n) is 3.98. The van der Waals surface area contributed by atoms with Gasteiger partial charge < -0.3 is 24.9 Å². The lowest BCUT2D eigenvalue weighted by molar-refractivity contribution is 0.0592. The lowest BCUT2D eigenvalue weighted by Gasteiger charge is -2.10. The Bertz CT molecular complexity index is 1090. The number of nitriles is 1. The van der Waals surface area contributed by atoms with Crippen molar-refractivity contribution < 1.29 is 24.2 Å². The van der Waals surface area contributed by atoms with Gasteiger partial charge in [0, 0.05) is 11.9 Å². The van der Waals surface area contributed by atoms with Gasteiger partial charge in [0.05, 0.1) is 23.9 Å². The monoisotopic (exact) mass is 377 g/mol. The summed E-state index contributed by atoms with van der Waals surface area (Å²) < 4.78 is 11.9. The summed E-state index contributed by atoms with van der Waals surface area (Å²) in [4.78, 5) is 23.1. The van der Waals surface area contributed by atoms with Crippen LogP contribution in [-0.4, -0.2) is 28.7 Å². The number of benzene rings is 2. The average Bonchev–Trinajstić information content (AvgIpc) is 3.04. The Morgan fingerprint density at radius 2 is 1.86 bits per heavy atom. The zero-order valence-electron chi connectivity index (χ0n) is 14.7. The van der Waals surface area contributed by atoms with E-state index in [1.54, 1.807) is 36.4 Å². The van der Waals surface area contributed by atoms with Gasteiger partial charge in [0.1, 0.15) is 17.6 Å². The molecule has 3 rings (SSSR count). The number of hydrogen-bond donors (Lipinski definition) is 2. The molecule has 0 saturated heterocycles. The molecule has 0 amide bonds. The summed E-state index contributed by atoms with van der Waals surface area (Å²) in [5, 5.41) is 18.2. The molecule has 8 heteroatoms. The molecule has 0 aliphatic carbocycles. The fourth-order valence-electron chi connectivity index (χ4n) is 2.62. The van der Waals surface area contributed by atoms with Gasteiger partial charge in [-0.1, -0.05) is 6.07 Å². The van der Waals surface area contributed by atoms with Gasteiger partial charge in [0.2, 0.25) is 0 Å². The van der Waals surface area contributed by atoms with E-state index in [-0.39, 0.29) is 22.5 Å². The molecule has 28 heavy (non-hydrogen) atoms. The fourth-order valence-corrected chi connectivity index (χ4v) is 2.62. The summed E-state index contributed by atoms with van der Waals surface area (Å²) >= 11 is 0. The van der Waals surface area contributed by atoms with E-state index in [1.807, 2.05) is 6.07 Å². The van der Waals surface area contributed by atoms with Crippen LogP contribution in [0.5, 0.6) is 11.5 Å². The van der Waals surface area contributed by atoms with Crippen LogP contribution in [-0.2, 0) is 4.74 Å². The number of nitrogen functional groups attached to an aromatic ring is 1. The summed E-state index contributed by atoms with van der Waals surface area (Å²) in [5.41, 5.74) is 6.82. The number of carboxylic acid groups (broad SMARTS) is 1. The maximum atomic E-state index is 12.0. The van der Waals surface area contributed by atoms with E-state index in [9.17, 15) is 14.9 Å².